The minimum atomic E-state index is -0.00960. The minimum Gasteiger partial charge on any atom is -0.306 e. The molecule has 0 radical (unpaired) electrons. The highest BCUT2D eigenvalue weighted by atomic mass is 28.2. The average molecular weight is 241 g/mol. The predicted octanol–water partition coefficient (Wildman–Crippen LogP) is 3.33. The molecule has 0 spiro atoms. The zero-order valence-electron chi connectivity index (χ0n) is 12.1. The van der Waals surface area contributed by atoms with Crippen LogP contribution in [-0.2, 0) is 0 Å². The Morgan fingerprint density at radius 2 is 1.44 bits per heavy atom. The third-order valence-corrected chi connectivity index (χ3v) is 5.63. The van der Waals surface area contributed by atoms with Gasteiger partial charge in [0, 0.05) is 0 Å². The number of nitrogens with zero attached hydrogens (tertiary/aromatic N) is 1. The highest BCUT2D eigenvalue weighted by molar-refractivity contribution is 6.45. The lowest BCUT2D eigenvalue weighted by molar-refractivity contribution is 0.305. The molecule has 16 heavy (non-hydrogen) atoms. The third kappa shape index (κ3) is 8.11. The molecule has 0 bridgehead atoms. The van der Waals surface area contributed by atoms with E-state index < -0.39 is 0 Å². The Hall–Kier alpha value is -0.0831. The largest absolute Gasteiger partial charge is 0.306 e. The molecule has 0 N–H and O–H groups in total. The van der Waals surface area contributed by atoms with Crippen molar-refractivity contribution >= 4 is 9.52 Å². The monoisotopic (exact) mass is 241 g/mol. The quantitative estimate of drug-likeness (QED) is 0.560. The fraction of sp³-hybridized carbons (Fsp3) is 0.857. The summed E-state index contributed by atoms with van der Waals surface area (Å²) in [6, 6.07) is 0. The highest BCUT2D eigenvalue weighted by Gasteiger charge is 2.04. The van der Waals surface area contributed by atoms with Gasteiger partial charge in [-0.1, -0.05) is 37.5 Å². The van der Waals surface area contributed by atoms with Crippen LogP contribution in [0.4, 0.5) is 0 Å². The molecule has 0 saturated carbocycles. The lowest BCUT2D eigenvalue weighted by Crippen LogP contribution is -2.31. The molecule has 0 heterocycles. The zero-order valence-corrected chi connectivity index (χ0v) is 13.5. The molecule has 0 rings (SSSR count). The summed E-state index contributed by atoms with van der Waals surface area (Å²) >= 11 is 0. The van der Waals surface area contributed by atoms with Gasteiger partial charge in [0.2, 0.25) is 0 Å². The highest BCUT2D eigenvalue weighted by Crippen LogP contribution is 2.03. The number of allylic oxidation sites excluding steroid dienone is 2. The molecule has 0 aromatic heterocycles. The first kappa shape index (κ1) is 15.9. The summed E-state index contributed by atoms with van der Waals surface area (Å²) < 4.78 is 0. The van der Waals surface area contributed by atoms with Crippen LogP contribution in [0, 0.1) is 0 Å². The van der Waals surface area contributed by atoms with Crippen LogP contribution in [0.25, 0.3) is 0 Å². The Bertz CT molecular complexity index is 187. The van der Waals surface area contributed by atoms with Gasteiger partial charge in [-0.2, -0.15) is 0 Å². The summed E-state index contributed by atoms with van der Waals surface area (Å²) in [6.45, 7) is 14.1. The Balaban J connectivity index is 3.94. The van der Waals surface area contributed by atoms with E-state index in [0.717, 1.165) is 0 Å². The molecular weight excluding hydrogens is 210 g/mol. The molecule has 2 heteroatoms. The van der Waals surface area contributed by atoms with Crippen molar-refractivity contribution in [3.63, 3.8) is 0 Å². The summed E-state index contributed by atoms with van der Waals surface area (Å²) in [5, 5.41) is 1.71. The van der Waals surface area contributed by atoms with E-state index in [1.165, 1.54) is 44.9 Å². The van der Waals surface area contributed by atoms with Gasteiger partial charge in [-0.3, -0.25) is 0 Å². The van der Waals surface area contributed by atoms with Crippen molar-refractivity contribution < 1.29 is 0 Å². The molecule has 0 unspecified atom stereocenters. The van der Waals surface area contributed by atoms with E-state index in [1.807, 2.05) is 0 Å². The molecule has 0 aliphatic heterocycles. The Labute approximate surface area is 105 Å². The Morgan fingerprint density at radius 1 is 0.938 bits per heavy atom. The van der Waals surface area contributed by atoms with Gasteiger partial charge in [0.05, 0.1) is 9.52 Å². The van der Waals surface area contributed by atoms with Crippen LogP contribution in [0.1, 0.15) is 60.3 Å². The van der Waals surface area contributed by atoms with Crippen LogP contribution in [0.15, 0.2) is 10.8 Å². The summed E-state index contributed by atoms with van der Waals surface area (Å²) in [7, 11) is -0.00960. The molecule has 0 amide bonds. The predicted molar refractivity (Wildman–Crippen MR) is 78.8 cm³/mol. The van der Waals surface area contributed by atoms with Gasteiger partial charge < -0.3 is 4.90 Å². The minimum absolute atomic E-state index is 0.00960. The summed E-state index contributed by atoms with van der Waals surface area (Å²) in [5.74, 6) is 0. The molecule has 0 aromatic rings. The van der Waals surface area contributed by atoms with Crippen LogP contribution >= 0.6 is 0 Å². The van der Waals surface area contributed by atoms with Crippen molar-refractivity contribution in [3.05, 3.63) is 10.8 Å². The summed E-state index contributed by atoms with van der Waals surface area (Å²) in [4.78, 5) is 2.70. The number of rotatable bonds is 9. The van der Waals surface area contributed by atoms with Crippen molar-refractivity contribution in [3.8, 4) is 0 Å². The SMILES string of the molecule is CCCCN(CCCC)C[SiH2]C(C)=C(C)C. The number of hydrogen-bond donors (Lipinski definition) is 0. The van der Waals surface area contributed by atoms with Gasteiger partial charge in [-0.05, 0) is 52.9 Å². The maximum absolute atomic E-state index is 2.70. The van der Waals surface area contributed by atoms with Gasteiger partial charge in [0.25, 0.3) is 0 Å². The Kier molecular flexibility index (Phi) is 10.0. The van der Waals surface area contributed by atoms with Crippen LogP contribution in [-0.4, -0.2) is 33.7 Å². The molecular formula is C14H31NSi. The first-order chi connectivity index (χ1) is 7.61. The van der Waals surface area contributed by atoms with E-state index in [1.54, 1.807) is 10.8 Å². The topological polar surface area (TPSA) is 3.24 Å². The van der Waals surface area contributed by atoms with Crippen molar-refractivity contribution in [1.29, 1.82) is 0 Å². The standard InChI is InChI=1S/C14H31NSi/c1-6-8-10-15(11-9-7-2)12-16-14(5)13(3)4/h6-12,16H2,1-5H3. The van der Waals surface area contributed by atoms with E-state index >= 15 is 0 Å². The molecule has 0 atom stereocenters. The third-order valence-electron chi connectivity index (χ3n) is 3.31. The molecule has 0 saturated heterocycles. The van der Waals surface area contributed by atoms with Crippen molar-refractivity contribution in [1.82, 2.24) is 4.90 Å². The first-order valence-corrected chi connectivity index (χ1v) is 8.67. The fourth-order valence-corrected chi connectivity index (χ4v) is 3.27. The second kappa shape index (κ2) is 10.1. The van der Waals surface area contributed by atoms with E-state index in [0.29, 0.717) is 0 Å². The second-order valence-corrected chi connectivity index (χ2v) is 7.09. The smallest absolute Gasteiger partial charge is 0.0648 e. The van der Waals surface area contributed by atoms with Gasteiger partial charge in [0.1, 0.15) is 0 Å². The van der Waals surface area contributed by atoms with Crippen LogP contribution in [0.5, 0.6) is 0 Å². The van der Waals surface area contributed by atoms with Crippen LogP contribution in [0.2, 0.25) is 0 Å². The van der Waals surface area contributed by atoms with E-state index in [9.17, 15) is 0 Å². The van der Waals surface area contributed by atoms with Crippen LogP contribution < -0.4 is 0 Å². The van der Waals surface area contributed by atoms with Crippen molar-refractivity contribution in [2.24, 2.45) is 0 Å². The van der Waals surface area contributed by atoms with Crippen LogP contribution in [0.3, 0.4) is 0 Å². The first-order valence-electron chi connectivity index (χ1n) is 6.97. The molecule has 0 aromatic carbocycles. The van der Waals surface area contributed by atoms with E-state index in [-0.39, 0.29) is 9.52 Å². The normalized spacial score (nSPS) is 11.6. The van der Waals surface area contributed by atoms with Crippen molar-refractivity contribution in [2.75, 3.05) is 19.3 Å². The second-order valence-electron chi connectivity index (χ2n) is 5.08. The van der Waals surface area contributed by atoms with Gasteiger partial charge in [0.15, 0.2) is 0 Å². The number of unbranched alkanes of at least 4 members (excludes halogenated alkanes) is 2. The molecule has 1 nitrogen and oxygen atoms in total. The molecule has 0 aliphatic carbocycles. The van der Waals surface area contributed by atoms with Crippen molar-refractivity contribution in [2.45, 2.75) is 60.3 Å². The van der Waals surface area contributed by atoms with Gasteiger partial charge in [-0.25, -0.2) is 0 Å². The molecule has 0 fully saturated rings. The summed E-state index contributed by atoms with van der Waals surface area (Å²) in [6.07, 6.45) is 6.77. The number of hydrogen-bond acceptors (Lipinski definition) is 1. The maximum Gasteiger partial charge on any atom is 0.0648 e. The van der Waals surface area contributed by atoms with Gasteiger partial charge >= 0.3 is 0 Å². The molecule has 96 valence electrons. The maximum atomic E-state index is 2.70. The van der Waals surface area contributed by atoms with E-state index in [2.05, 4.69) is 39.5 Å². The summed E-state index contributed by atoms with van der Waals surface area (Å²) in [5.41, 5.74) is 1.55. The average Bonchev–Trinajstić information content (AvgIpc) is 2.27. The Morgan fingerprint density at radius 3 is 1.81 bits per heavy atom. The lowest BCUT2D eigenvalue weighted by atomic mass is 10.3. The van der Waals surface area contributed by atoms with E-state index in [4.69, 9.17) is 0 Å². The van der Waals surface area contributed by atoms with Gasteiger partial charge in [-0.15, -0.1) is 0 Å². The lowest BCUT2D eigenvalue weighted by Gasteiger charge is -2.22. The molecule has 0 aliphatic rings. The fourth-order valence-electron chi connectivity index (χ4n) is 1.67. The zero-order chi connectivity index (χ0) is 12.4.